The molecular weight excluding hydrogens is 306 g/mol. The predicted octanol–water partition coefficient (Wildman–Crippen LogP) is 1.94. The summed E-state index contributed by atoms with van der Waals surface area (Å²) in [4.78, 5) is 22.0. The van der Waals surface area contributed by atoms with Crippen molar-refractivity contribution in [3.05, 3.63) is 23.2 Å². The number of sulfone groups is 1. The molecule has 2 N–H and O–H groups in total. The first-order valence-electron chi connectivity index (χ1n) is 5.71. The lowest BCUT2D eigenvalue weighted by Crippen LogP contribution is -2.12. The molecule has 6 nitrogen and oxygen atoms in total. The van der Waals surface area contributed by atoms with Crippen LogP contribution in [0.3, 0.4) is 0 Å². The standard InChI is InChI=1S/C12H14ClNO5S/c1-20(18,19)8-5-6-9(13)10(7-8)14-11(15)3-2-4-12(16)17/h5-7H,2-4H2,1H3,(H,14,15)(H,16,17). The minimum atomic E-state index is -3.39. The molecule has 0 radical (unpaired) electrons. The van der Waals surface area contributed by atoms with Gasteiger partial charge >= 0.3 is 5.97 Å². The molecule has 0 unspecified atom stereocenters. The van der Waals surface area contributed by atoms with Crippen LogP contribution in [-0.2, 0) is 19.4 Å². The van der Waals surface area contributed by atoms with Gasteiger partial charge in [-0.25, -0.2) is 8.42 Å². The summed E-state index contributed by atoms with van der Waals surface area (Å²) in [5.74, 6) is -1.39. The van der Waals surface area contributed by atoms with Crippen molar-refractivity contribution in [2.24, 2.45) is 0 Å². The van der Waals surface area contributed by atoms with Crippen LogP contribution in [0.4, 0.5) is 5.69 Å². The highest BCUT2D eigenvalue weighted by atomic mass is 35.5. The lowest BCUT2D eigenvalue weighted by molar-refractivity contribution is -0.137. The zero-order chi connectivity index (χ0) is 15.3. The number of hydrogen-bond acceptors (Lipinski definition) is 4. The number of rotatable bonds is 6. The Morgan fingerprint density at radius 3 is 2.50 bits per heavy atom. The number of benzene rings is 1. The summed E-state index contributed by atoms with van der Waals surface area (Å²) in [6.07, 6.45) is 1.16. The summed E-state index contributed by atoms with van der Waals surface area (Å²) in [7, 11) is -3.39. The van der Waals surface area contributed by atoms with Gasteiger partial charge in [-0.05, 0) is 24.6 Å². The van der Waals surface area contributed by atoms with Gasteiger partial charge in [0.25, 0.3) is 0 Å². The number of aliphatic carboxylic acids is 1. The topological polar surface area (TPSA) is 101 Å². The zero-order valence-corrected chi connectivity index (χ0v) is 12.3. The van der Waals surface area contributed by atoms with E-state index in [0.717, 1.165) is 6.26 Å². The number of halogens is 1. The molecule has 0 saturated heterocycles. The molecule has 0 heterocycles. The van der Waals surface area contributed by atoms with Crippen LogP contribution in [0.2, 0.25) is 5.02 Å². The van der Waals surface area contributed by atoms with Crippen LogP contribution in [0.25, 0.3) is 0 Å². The number of anilines is 1. The Bertz CT molecular complexity index is 627. The average Bonchev–Trinajstić information content (AvgIpc) is 2.30. The third kappa shape index (κ3) is 5.18. The van der Waals surface area contributed by atoms with E-state index in [-0.39, 0.29) is 34.9 Å². The molecule has 8 heteroatoms. The third-order valence-electron chi connectivity index (χ3n) is 2.43. The van der Waals surface area contributed by atoms with Crippen LogP contribution >= 0.6 is 11.6 Å². The van der Waals surface area contributed by atoms with E-state index in [4.69, 9.17) is 16.7 Å². The molecule has 0 atom stereocenters. The molecular formula is C12H14ClNO5S. The number of carboxylic acid groups (broad SMARTS) is 1. The van der Waals surface area contributed by atoms with Crippen LogP contribution in [-0.4, -0.2) is 31.7 Å². The minimum Gasteiger partial charge on any atom is -0.481 e. The molecule has 1 amide bonds. The number of hydrogen-bond donors (Lipinski definition) is 2. The Morgan fingerprint density at radius 2 is 1.95 bits per heavy atom. The van der Waals surface area contributed by atoms with Crippen LogP contribution in [0.5, 0.6) is 0 Å². The van der Waals surface area contributed by atoms with Crippen LogP contribution in [0, 0.1) is 0 Å². The Labute approximate surface area is 121 Å². The Balaban J connectivity index is 2.77. The molecule has 1 aromatic rings. The number of carboxylic acids is 1. The molecule has 1 aromatic carbocycles. The minimum absolute atomic E-state index is 0.0196. The summed E-state index contributed by atoms with van der Waals surface area (Å²) >= 11 is 5.87. The van der Waals surface area contributed by atoms with Crippen molar-refractivity contribution in [2.45, 2.75) is 24.2 Å². The van der Waals surface area contributed by atoms with Gasteiger partial charge in [-0.3, -0.25) is 9.59 Å². The summed E-state index contributed by atoms with van der Waals surface area (Å²) in [5.41, 5.74) is 0.190. The number of nitrogens with one attached hydrogen (secondary N) is 1. The summed E-state index contributed by atoms with van der Waals surface area (Å²) in [6, 6.07) is 4.00. The van der Waals surface area contributed by atoms with Gasteiger partial charge in [-0.15, -0.1) is 0 Å². The fourth-order valence-electron chi connectivity index (χ4n) is 1.44. The second-order valence-corrected chi connectivity index (χ2v) is 6.63. The van der Waals surface area contributed by atoms with Crippen molar-refractivity contribution >= 4 is 39.0 Å². The van der Waals surface area contributed by atoms with E-state index in [0.29, 0.717) is 0 Å². The first kappa shape index (κ1) is 16.5. The normalized spacial score (nSPS) is 11.1. The molecule has 0 aliphatic carbocycles. The Hall–Kier alpha value is -1.60. The van der Waals surface area contributed by atoms with Gasteiger partial charge < -0.3 is 10.4 Å². The monoisotopic (exact) mass is 319 g/mol. The third-order valence-corrected chi connectivity index (χ3v) is 3.87. The van der Waals surface area contributed by atoms with Crippen LogP contribution in [0.1, 0.15) is 19.3 Å². The van der Waals surface area contributed by atoms with Crippen molar-refractivity contribution < 1.29 is 23.1 Å². The average molecular weight is 320 g/mol. The van der Waals surface area contributed by atoms with Gasteiger partial charge in [0.1, 0.15) is 0 Å². The largest absolute Gasteiger partial charge is 0.481 e. The molecule has 0 spiro atoms. The number of carbonyl (C=O) groups is 2. The molecule has 0 aromatic heterocycles. The molecule has 0 bridgehead atoms. The zero-order valence-electron chi connectivity index (χ0n) is 10.7. The molecule has 110 valence electrons. The van der Waals surface area contributed by atoms with Gasteiger partial charge in [0.15, 0.2) is 9.84 Å². The van der Waals surface area contributed by atoms with Crippen molar-refractivity contribution in [3.8, 4) is 0 Å². The summed E-state index contributed by atoms with van der Waals surface area (Å²) in [5, 5.41) is 11.1. The Kier molecular flexibility index (Phi) is 5.52. The van der Waals surface area contributed by atoms with E-state index in [2.05, 4.69) is 5.32 Å². The molecule has 0 aliphatic rings. The molecule has 0 saturated carbocycles. The predicted molar refractivity (Wildman–Crippen MR) is 74.7 cm³/mol. The molecule has 0 aliphatic heterocycles. The maximum Gasteiger partial charge on any atom is 0.303 e. The van der Waals surface area contributed by atoms with Gasteiger partial charge in [0.2, 0.25) is 5.91 Å². The highest BCUT2D eigenvalue weighted by molar-refractivity contribution is 7.90. The summed E-state index contributed by atoms with van der Waals surface area (Å²) < 4.78 is 22.8. The van der Waals surface area contributed by atoms with Crippen molar-refractivity contribution in [3.63, 3.8) is 0 Å². The maximum absolute atomic E-state index is 11.6. The highest BCUT2D eigenvalue weighted by Gasteiger charge is 2.12. The molecule has 0 fully saturated rings. The van der Waals surface area contributed by atoms with Gasteiger partial charge in [-0.1, -0.05) is 11.6 Å². The van der Waals surface area contributed by atoms with Crippen molar-refractivity contribution in [1.82, 2.24) is 0 Å². The van der Waals surface area contributed by atoms with E-state index < -0.39 is 21.7 Å². The first-order chi connectivity index (χ1) is 9.20. The van der Waals surface area contributed by atoms with Gasteiger partial charge in [0, 0.05) is 19.1 Å². The fourth-order valence-corrected chi connectivity index (χ4v) is 2.26. The quantitative estimate of drug-likeness (QED) is 0.834. The molecule has 20 heavy (non-hydrogen) atoms. The smallest absolute Gasteiger partial charge is 0.303 e. The molecule has 1 rings (SSSR count). The van der Waals surface area contributed by atoms with Gasteiger partial charge in [0.05, 0.1) is 15.6 Å². The number of carbonyl (C=O) groups excluding carboxylic acids is 1. The van der Waals surface area contributed by atoms with Gasteiger partial charge in [-0.2, -0.15) is 0 Å². The Morgan fingerprint density at radius 1 is 1.30 bits per heavy atom. The van der Waals surface area contributed by atoms with E-state index in [1.807, 2.05) is 0 Å². The lowest BCUT2D eigenvalue weighted by Gasteiger charge is -2.08. The van der Waals surface area contributed by atoms with Crippen molar-refractivity contribution in [1.29, 1.82) is 0 Å². The second kappa shape index (κ2) is 6.71. The first-order valence-corrected chi connectivity index (χ1v) is 7.98. The maximum atomic E-state index is 11.6. The van der Waals surface area contributed by atoms with E-state index >= 15 is 0 Å². The number of amides is 1. The van der Waals surface area contributed by atoms with E-state index in [1.165, 1.54) is 18.2 Å². The summed E-state index contributed by atoms with van der Waals surface area (Å²) in [6.45, 7) is 0. The fraction of sp³-hybridized carbons (Fsp3) is 0.333. The SMILES string of the molecule is CS(=O)(=O)c1ccc(Cl)c(NC(=O)CCCC(=O)O)c1. The van der Waals surface area contributed by atoms with E-state index in [1.54, 1.807) is 0 Å². The van der Waals surface area contributed by atoms with Crippen molar-refractivity contribution in [2.75, 3.05) is 11.6 Å². The highest BCUT2D eigenvalue weighted by Crippen LogP contribution is 2.25. The van der Waals surface area contributed by atoms with Crippen LogP contribution in [0.15, 0.2) is 23.1 Å². The lowest BCUT2D eigenvalue weighted by atomic mass is 10.2. The second-order valence-electron chi connectivity index (χ2n) is 4.21. The van der Waals surface area contributed by atoms with E-state index in [9.17, 15) is 18.0 Å². The van der Waals surface area contributed by atoms with Crippen LogP contribution < -0.4 is 5.32 Å².